The van der Waals surface area contributed by atoms with Gasteiger partial charge in [-0.3, -0.25) is 4.79 Å². The van der Waals surface area contributed by atoms with E-state index < -0.39 is 0 Å². The molecule has 222 valence electrons. The van der Waals surface area contributed by atoms with Crippen molar-refractivity contribution in [3.05, 3.63) is 96.1 Å². The van der Waals surface area contributed by atoms with Gasteiger partial charge in [0.05, 0.1) is 60.4 Å². The topological polar surface area (TPSA) is 130 Å². The summed E-state index contributed by atoms with van der Waals surface area (Å²) >= 11 is 1.43. The molecule has 0 atom stereocenters. The first-order valence-corrected chi connectivity index (χ1v) is 14.5. The number of aromatic hydroxyl groups is 1. The van der Waals surface area contributed by atoms with Crippen molar-refractivity contribution in [1.29, 1.82) is 5.26 Å². The minimum atomic E-state index is -0.270. The standard InChI is InChI=1S/C33H29N5O5S/c1-41-24-11-14-31-27(20-24)35-33(44-31)37-36-23-9-13-28(30(19-23)42-2)38(16-6-15-34)17-18-43-25-10-12-26(29(39)21-25)32(40)22-7-4-3-5-8-22/h3-5,7-14,19-21,39H,6,16-18H2,1-2H3. The van der Waals surface area contributed by atoms with Crippen LogP contribution in [0.3, 0.4) is 0 Å². The number of methoxy groups -OCH3 is 2. The normalized spacial score (nSPS) is 10.9. The number of phenols is 1. The molecule has 10 nitrogen and oxygen atoms in total. The van der Waals surface area contributed by atoms with Gasteiger partial charge < -0.3 is 24.2 Å². The Morgan fingerprint density at radius 2 is 1.77 bits per heavy atom. The molecule has 5 aromatic rings. The van der Waals surface area contributed by atoms with E-state index in [4.69, 9.17) is 14.2 Å². The van der Waals surface area contributed by atoms with Crippen LogP contribution in [0.2, 0.25) is 0 Å². The number of hydrogen-bond acceptors (Lipinski definition) is 11. The van der Waals surface area contributed by atoms with E-state index in [1.54, 1.807) is 56.7 Å². The number of azo groups is 1. The number of hydrogen-bond donors (Lipinski definition) is 1. The number of aromatic nitrogens is 1. The molecule has 0 amide bonds. The lowest BCUT2D eigenvalue weighted by Crippen LogP contribution is -2.29. The first-order chi connectivity index (χ1) is 21.5. The summed E-state index contributed by atoms with van der Waals surface area (Å²) in [7, 11) is 3.18. The van der Waals surface area contributed by atoms with Crippen molar-refractivity contribution in [2.75, 3.05) is 38.8 Å². The first kappa shape index (κ1) is 30.0. The molecular weight excluding hydrogens is 578 g/mol. The molecule has 0 saturated heterocycles. The van der Waals surface area contributed by atoms with Gasteiger partial charge >= 0.3 is 0 Å². The highest BCUT2D eigenvalue weighted by Gasteiger charge is 2.16. The maximum absolute atomic E-state index is 12.7. The fourth-order valence-electron chi connectivity index (χ4n) is 4.50. The third-order valence-electron chi connectivity index (χ3n) is 6.71. The molecule has 0 bridgehead atoms. The lowest BCUT2D eigenvalue weighted by atomic mass is 10.0. The number of rotatable bonds is 13. The van der Waals surface area contributed by atoms with E-state index in [1.165, 1.54) is 17.4 Å². The summed E-state index contributed by atoms with van der Waals surface area (Å²) in [5, 5.41) is 28.9. The van der Waals surface area contributed by atoms with Crippen LogP contribution in [0.25, 0.3) is 10.2 Å². The quantitative estimate of drug-likeness (QED) is 0.108. The zero-order valence-corrected chi connectivity index (χ0v) is 25.0. The fourth-order valence-corrected chi connectivity index (χ4v) is 5.27. The van der Waals surface area contributed by atoms with Gasteiger partial charge in [0.15, 0.2) is 5.78 Å². The van der Waals surface area contributed by atoms with Gasteiger partial charge in [0.25, 0.3) is 0 Å². The maximum atomic E-state index is 12.7. The van der Waals surface area contributed by atoms with Crippen molar-refractivity contribution in [1.82, 2.24) is 4.98 Å². The van der Waals surface area contributed by atoms with Gasteiger partial charge in [-0.2, -0.15) is 5.26 Å². The molecule has 1 N–H and O–H groups in total. The van der Waals surface area contributed by atoms with E-state index in [0.717, 1.165) is 21.7 Å². The third-order valence-corrected chi connectivity index (χ3v) is 7.63. The summed E-state index contributed by atoms with van der Waals surface area (Å²) in [6.07, 6.45) is 0.296. The molecule has 44 heavy (non-hydrogen) atoms. The molecular formula is C33H29N5O5S. The largest absolute Gasteiger partial charge is 0.507 e. The monoisotopic (exact) mass is 607 g/mol. The predicted octanol–water partition coefficient (Wildman–Crippen LogP) is 7.46. The van der Waals surface area contributed by atoms with Crippen LogP contribution in [0.5, 0.6) is 23.0 Å². The zero-order valence-electron chi connectivity index (χ0n) is 24.1. The lowest BCUT2D eigenvalue weighted by Gasteiger charge is -2.26. The summed E-state index contributed by atoms with van der Waals surface area (Å²) in [6, 6.07) is 26.7. The Kier molecular flexibility index (Phi) is 9.64. The average Bonchev–Trinajstić information content (AvgIpc) is 3.47. The molecule has 0 unspecified atom stereocenters. The number of thiazole rings is 1. The Balaban J connectivity index is 1.26. The van der Waals surface area contributed by atoms with E-state index in [9.17, 15) is 15.2 Å². The highest BCUT2D eigenvalue weighted by atomic mass is 32.1. The number of nitrogens with zero attached hydrogens (tertiary/aromatic N) is 5. The Morgan fingerprint density at radius 3 is 2.52 bits per heavy atom. The minimum absolute atomic E-state index is 0.158. The van der Waals surface area contributed by atoms with Gasteiger partial charge in [-0.05, 0) is 36.4 Å². The Hall–Kier alpha value is -5.47. The highest BCUT2D eigenvalue weighted by Crippen LogP contribution is 2.35. The number of carbonyl (C=O) groups is 1. The van der Waals surface area contributed by atoms with E-state index in [2.05, 4.69) is 21.3 Å². The molecule has 0 spiro atoms. The molecule has 0 aliphatic carbocycles. The number of fused-ring (bicyclic) bond motifs is 1. The van der Waals surface area contributed by atoms with E-state index in [0.29, 0.717) is 47.4 Å². The first-order valence-electron chi connectivity index (χ1n) is 13.7. The van der Waals surface area contributed by atoms with Crippen molar-refractivity contribution < 1.29 is 24.1 Å². The number of anilines is 1. The van der Waals surface area contributed by atoms with Crippen LogP contribution in [-0.4, -0.2) is 49.8 Å². The van der Waals surface area contributed by atoms with Crippen LogP contribution in [-0.2, 0) is 0 Å². The van der Waals surface area contributed by atoms with Gasteiger partial charge in [0.2, 0.25) is 5.13 Å². The molecule has 1 heterocycles. The number of carbonyl (C=O) groups excluding carboxylic acids is 1. The van der Waals surface area contributed by atoms with Crippen molar-refractivity contribution in [3.63, 3.8) is 0 Å². The van der Waals surface area contributed by atoms with Crippen LogP contribution >= 0.6 is 11.3 Å². The van der Waals surface area contributed by atoms with Crippen molar-refractivity contribution in [2.45, 2.75) is 6.42 Å². The van der Waals surface area contributed by atoms with Gasteiger partial charge in [0.1, 0.15) is 29.6 Å². The Labute approximate surface area is 258 Å². The molecule has 4 aromatic carbocycles. The summed E-state index contributed by atoms with van der Waals surface area (Å²) in [6.45, 7) is 1.13. The van der Waals surface area contributed by atoms with Gasteiger partial charge in [-0.25, -0.2) is 4.98 Å². The molecule has 0 aliphatic rings. The van der Waals surface area contributed by atoms with Gasteiger partial charge in [-0.1, -0.05) is 41.7 Å². The SMILES string of the molecule is COc1ccc2sc(N=Nc3ccc(N(CCC#N)CCOc4ccc(C(=O)c5ccccc5)c(O)c4)c(OC)c3)nc2c1. The second-order valence-electron chi connectivity index (χ2n) is 9.50. The zero-order chi connectivity index (χ0) is 30.9. The maximum Gasteiger partial charge on any atom is 0.231 e. The van der Waals surface area contributed by atoms with Crippen LogP contribution in [0.4, 0.5) is 16.5 Å². The molecule has 0 aliphatic heterocycles. The minimum Gasteiger partial charge on any atom is -0.507 e. The highest BCUT2D eigenvalue weighted by molar-refractivity contribution is 7.21. The van der Waals surface area contributed by atoms with Crippen LogP contribution < -0.4 is 19.1 Å². The molecule has 0 saturated carbocycles. The Bertz CT molecular complexity index is 1830. The van der Waals surface area contributed by atoms with Crippen molar-refractivity contribution >= 4 is 43.8 Å². The van der Waals surface area contributed by atoms with Gasteiger partial charge in [0, 0.05) is 30.3 Å². The number of phenolic OH excluding ortho intramolecular Hbond substituents is 1. The molecule has 0 radical (unpaired) electrons. The number of benzene rings is 4. The summed E-state index contributed by atoms with van der Waals surface area (Å²) in [5.74, 6) is 1.28. The summed E-state index contributed by atoms with van der Waals surface area (Å²) < 4.78 is 17.8. The van der Waals surface area contributed by atoms with Crippen molar-refractivity contribution in [2.24, 2.45) is 10.2 Å². The van der Waals surface area contributed by atoms with Crippen LogP contribution in [0.15, 0.2) is 95.2 Å². The molecule has 5 rings (SSSR count). The smallest absolute Gasteiger partial charge is 0.231 e. The summed E-state index contributed by atoms with van der Waals surface area (Å²) in [5.41, 5.74) is 2.83. The summed E-state index contributed by atoms with van der Waals surface area (Å²) in [4.78, 5) is 19.2. The molecule has 0 fully saturated rings. The number of ether oxygens (including phenoxy) is 3. The van der Waals surface area contributed by atoms with Crippen LogP contribution in [0, 0.1) is 11.3 Å². The predicted molar refractivity (Wildman–Crippen MR) is 169 cm³/mol. The van der Waals surface area contributed by atoms with Gasteiger partial charge in [-0.15, -0.1) is 10.2 Å². The lowest BCUT2D eigenvalue weighted by molar-refractivity contribution is 0.103. The molecule has 1 aromatic heterocycles. The van der Waals surface area contributed by atoms with E-state index in [-0.39, 0.29) is 23.7 Å². The average molecular weight is 608 g/mol. The van der Waals surface area contributed by atoms with E-state index >= 15 is 0 Å². The second-order valence-corrected chi connectivity index (χ2v) is 10.5. The third kappa shape index (κ3) is 7.11. The van der Waals surface area contributed by atoms with E-state index in [1.807, 2.05) is 41.3 Å². The molecule has 11 heteroatoms. The van der Waals surface area contributed by atoms with Crippen molar-refractivity contribution in [3.8, 4) is 29.1 Å². The second kappa shape index (κ2) is 14.1. The number of ketones is 1. The van der Waals surface area contributed by atoms with Crippen LogP contribution in [0.1, 0.15) is 22.3 Å². The Morgan fingerprint density at radius 1 is 0.955 bits per heavy atom. The number of nitriles is 1. The fraction of sp³-hybridized carbons (Fsp3) is 0.182.